The Morgan fingerprint density at radius 2 is 1.77 bits per heavy atom. The molecule has 1 spiro atoms. The molecule has 0 bridgehead atoms. The Balaban J connectivity index is 1.66. The molecule has 2 heterocycles. The fourth-order valence-electron chi connectivity index (χ4n) is 3.60. The number of ketones is 1. The zero-order valence-corrected chi connectivity index (χ0v) is 15.1. The van der Waals surface area contributed by atoms with Crippen molar-refractivity contribution in [3.8, 4) is 0 Å². The molecule has 0 radical (unpaired) electrons. The molecule has 1 N–H and O–H groups in total. The summed E-state index contributed by atoms with van der Waals surface area (Å²) in [6, 6.07) is 6.16. The standard InChI is InChI=1S/C18H22N4O4/c1-12(23)13-5-4-6-14(11-13)19-16(25)22-9-7-18(8-10-22)15(24)20(2)17(26)21(18)3/h4-6,11H,7-10H2,1-3H3,(H,19,25). The quantitative estimate of drug-likeness (QED) is 0.644. The number of nitrogens with zero attached hydrogens (tertiary/aromatic N) is 3. The molecular formula is C18H22N4O4. The van der Waals surface area contributed by atoms with Gasteiger partial charge in [0.25, 0.3) is 5.91 Å². The topological polar surface area (TPSA) is 90.0 Å². The van der Waals surface area contributed by atoms with Gasteiger partial charge in [-0.2, -0.15) is 0 Å². The minimum Gasteiger partial charge on any atom is -0.324 e. The molecular weight excluding hydrogens is 336 g/mol. The number of carbonyl (C=O) groups is 4. The molecule has 2 aliphatic rings. The normalized spacial score (nSPS) is 19.3. The number of nitrogens with one attached hydrogen (secondary N) is 1. The van der Waals surface area contributed by atoms with E-state index in [1.54, 1.807) is 36.2 Å². The lowest BCUT2D eigenvalue weighted by molar-refractivity contribution is -0.134. The lowest BCUT2D eigenvalue weighted by Crippen LogP contribution is -2.56. The summed E-state index contributed by atoms with van der Waals surface area (Å²) in [5.41, 5.74) is 0.226. The summed E-state index contributed by atoms with van der Waals surface area (Å²) in [5, 5.41) is 2.78. The first kappa shape index (κ1) is 17.9. The number of rotatable bonds is 2. The van der Waals surface area contributed by atoms with E-state index in [2.05, 4.69) is 5.32 Å². The molecule has 2 aliphatic heterocycles. The second-order valence-corrected chi connectivity index (χ2v) is 6.79. The van der Waals surface area contributed by atoms with Crippen LogP contribution in [-0.2, 0) is 4.79 Å². The van der Waals surface area contributed by atoms with Gasteiger partial charge in [-0.15, -0.1) is 0 Å². The average molecular weight is 358 g/mol. The molecule has 0 aromatic heterocycles. The van der Waals surface area contributed by atoms with Crippen LogP contribution in [0.3, 0.4) is 0 Å². The zero-order valence-electron chi connectivity index (χ0n) is 15.1. The van der Waals surface area contributed by atoms with Gasteiger partial charge >= 0.3 is 12.1 Å². The van der Waals surface area contributed by atoms with Gasteiger partial charge < -0.3 is 15.1 Å². The minimum atomic E-state index is -0.850. The van der Waals surface area contributed by atoms with Crippen molar-refractivity contribution in [1.82, 2.24) is 14.7 Å². The molecule has 0 aliphatic carbocycles. The average Bonchev–Trinajstić information content (AvgIpc) is 2.79. The number of likely N-dealkylation sites (tertiary alicyclic amines) is 1. The summed E-state index contributed by atoms with van der Waals surface area (Å²) in [7, 11) is 3.11. The lowest BCUT2D eigenvalue weighted by atomic mass is 9.86. The third-order valence-corrected chi connectivity index (χ3v) is 5.32. The molecule has 8 heteroatoms. The summed E-state index contributed by atoms with van der Waals surface area (Å²) in [5.74, 6) is -0.281. The van der Waals surface area contributed by atoms with E-state index in [0.29, 0.717) is 37.2 Å². The summed E-state index contributed by atoms with van der Waals surface area (Å²) >= 11 is 0. The molecule has 1 aromatic carbocycles. The van der Waals surface area contributed by atoms with Gasteiger partial charge in [-0.05, 0) is 31.9 Å². The summed E-state index contributed by atoms with van der Waals surface area (Å²) < 4.78 is 0. The van der Waals surface area contributed by atoms with E-state index in [-0.39, 0.29) is 23.8 Å². The lowest BCUT2D eigenvalue weighted by Gasteiger charge is -2.40. The molecule has 0 atom stereocenters. The van der Waals surface area contributed by atoms with E-state index in [9.17, 15) is 19.2 Å². The highest BCUT2D eigenvalue weighted by molar-refractivity contribution is 6.06. The third kappa shape index (κ3) is 2.81. The van der Waals surface area contributed by atoms with Crippen LogP contribution in [0.1, 0.15) is 30.1 Å². The van der Waals surface area contributed by atoms with E-state index in [0.717, 1.165) is 4.90 Å². The van der Waals surface area contributed by atoms with Gasteiger partial charge in [0.2, 0.25) is 0 Å². The maximum absolute atomic E-state index is 12.5. The van der Waals surface area contributed by atoms with Gasteiger partial charge in [-0.1, -0.05) is 12.1 Å². The Kier molecular flexibility index (Phi) is 4.43. The number of Topliss-reactive ketones (excluding diaryl/α,β-unsaturated/α-hetero) is 1. The molecule has 8 nitrogen and oxygen atoms in total. The van der Waals surface area contributed by atoms with Crippen molar-refractivity contribution >= 4 is 29.4 Å². The Hall–Kier alpha value is -2.90. The Morgan fingerprint density at radius 1 is 1.12 bits per heavy atom. The number of urea groups is 2. The van der Waals surface area contributed by atoms with Crippen molar-refractivity contribution in [2.75, 3.05) is 32.5 Å². The smallest absolute Gasteiger partial charge is 0.324 e. The van der Waals surface area contributed by atoms with Gasteiger partial charge in [0.05, 0.1) is 0 Å². The number of hydrogen-bond donors (Lipinski definition) is 1. The predicted molar refractivity (Wildman–Crippen MR) is 94.9 cm³/mol. The van der Waals surface area contributed by atoms with E-state index < -0.39 is 5.54 Å². The highest BCUT2D eigenvalue weighted by Crippen LogP contribution is 2.35. The predicted octanol–water partition coefficient (Wildman–Crippen LogP) is 1.78. The maximum atomic E-state index is 12.5. The molecule has 2 saturated heterocycles. The number of piperidine rings is 1. The van der Waals surface area contributed by atoms with Crippen LogP contribution in [0.4, 0.5) is 15.3 Å². The van der Waals surface area contributed by atoms with Crippen LogP contribution in [0.5, 0.6) is 0 Å². The van der Waals surface area contributed by atoms with Crippen molar-refractivity contribution in [2.24, 2.45) is 0 Å². The van der Waals surface area contributed by atoms with Crippen LogP contribution < -0.4 is 5.32 Å². The van der Waals surface area contributed by atoms with Crippen LogP contribution in [0.15, 0.2) is 24.3 Å². The first-order valence-electron chi connectivity index (χ1n) is 8.49. The van der Waals surface area contributed by atoms with Crippen LogP contribution >= 0.6 is 0 Å². The minimum absolute atomic E-state index is 0.0717. The molecule has 5 amide bonds. The third-order valence-electron chi connectivity index (χ3n) is 5.32. The molecule has 0 unspecified atom stereocenters. The second-order valence-electron chi connectivity index (χ2n) is 6.79. The molecule has 1 aromatic rings. The molecule has 3 rings (SSSR count). The number of carbonyl (C=O) groups excluding carboxylic acids is 4. The van der Waals surface area contributed by atoms with Gasteiger partial charge in [0.15, 0.2) is 5.78 Å². The molecule has 26 heavy (non-hydrogen) atoms. The molecule has 0 saturated carbocycles. The number of amides is 5. The molecule has 138 valence electrons. The Morgan fingerprint density at radius 3 is 2.31 bits per heavy atom. The van der Waals surface area contributed by atoms with Crippen LogP contribution in [0.25, 0.3) is 0 Å². The van der Waals surface area contributed by atoms with Crippen LogP contribution in [-0.4, -0.2) is 71.2 Å². The second kappa shape index (κ2) is 6.44. The van der Waals surface area contributed by atoms with Gasteiger partial charge in [-0.25, -0.2) is 9.59 Å². The maximum Gasteiger partial charge on any atom is 0.327 e. The number of anilines is 1. The first-order chi connectivity index (χ1) is 12.3. The van der Waals surface area contributed by atoms with Gasteiger partial charge in [-0.3, -0.25) is 14.5 Å². The fraction of sp³-hybridized carbons (Fsp3) is 0.444. The first-order valence-corrected chi connectivity index (χ1v) is 8.49. The highest BCUT2D eigenvalue weighted by atomic mass is 16.2. The van der Waals surface area contributed by atoms with Gasteiger partial charge in [0, 0.05) is 38.4 Å². The Labute approximate surface area is 151 Å². The highest BCUT2D eigenvalue weighted by Gasteiger charge is 2.55. The number of likely N-dealkylation sites (N-methyl/N-ethyl adjacent to an activating group) is 2. The van der Waals surface area contributed by atoms with E-state index in [1.165, 1.54) is 18.9 Å². The van der Waals surface area contributed by atoms with Crippen molar-refractivity contribution in [3.05, 3.63) is 29.8 Å². The molecule has 2 fully saturated rings. The zero-order chi connectivity index (χ0) is 19.1. The van der Waals surface area contributed by atoms with E-state index in [4.69, 9.17) is 0 Å². The SMILES string of the molecule is CC(=O)c1cccc(NC(=O)N2CCC3(CC2)C(=O)N(C)C(=O)N3C)c1. The van der Waals surface area contributed by atoms with Crippen LogP contribution in [0, 0.1) is 0 Å². The number of imide groups is 1. The number of hydrogen-bond acceptors (Lipinski definition) is 4. The van der Waals surface area contributed by atoms with Crippen molar-refractivity contribution in [1.29, 1.82) is 0 Å². The van der Waals surface area contributed by atoms with Crippen molar-refractivity contribution < 1.29 is 19.2 Å². The summed E-state index contributed by atoms with van der Waals surface area (Å²) in [6.07, 6.45) is 0.804. The Bertz CT molecular complexity index is 783. The summed E-state index contributed by atoms with van der Waals surface area (Å²) in [6.45, 7) is 2.21. The van der Waals surface area contributed by atoms with E-state index >= 15 is 0 Å². The van der Waals surface area contributed by atoms with Crippen LogP contribution in [0.2, 0.25) is 0 Å². The monoisotopic (exact) mass is 358 g/mol. The van der Waals surface area contributed by atoms with Gasteiger partial charge in [0.1, 0.15) is 5.54 Å². The number of benzene rings is 1. The fourth-order valence-corrected chi connectivity index (χ4v) is 3.60. The van der Waals surface area contributed by atoms with E-state index in [1.807, 2.05) is 0 Å². The van der Waals surface area contributed by atoms with Crippen molar-refractivity contribution in [2.45, 2.75) is 25.3 Å². The largest absolute Gasteiger partial charge is 0.327 e. The van der Waals surface area contributed by atoms with Crippen molar-refractivity contribution in [3.63, 3.8) is 0 Å². The summed E-state index contributed by atoms with van der Waals surface area (Å²) in [4.78, 5) is 52.7.